The van der Waals surface area contributed by atoms with Crippen molar-refractivity contribution in [2.45, 2.75) is 10.4 Å². The number of alkyl halides is 3. The second-order valence-corrected chi connectivity index (χ2v) is 4.01. The molecule has 1 aromatic rings. The summed E-state index contributed by atoms with van der Waals surface area (Å²) in [6.07, 6.45) is 0. The third kappa shape index (κ3) is 4.11. The van der Waals surface area contributed by atoms with E-state index in [2.05, 4.69) is 6.07 Å². The summed E-state index contributed by atoms with van der Waals surface area (Å²) in [6, 6.07) is 4.76. The Morgan fingerprint density at radius 1 is 1.15 bits per heavy atom. The van der Waals surface area contributed by atoms with E-state index >= 15 is 0 Å². The van der Waals surface area contributed by atoms with Crippen LogP contribution in [0.3, 0.4) is 0 Å². The van der Waals surface area contributed by atoms with Crippen molar-refractivity contribution in [1.82, 2.24) is 0 Å². The molecule has 13 heavy (non-hydrogen) atoms. The summed E-state index contributed by atoms with van der Waals surface area (Å²) in [7, 11) is 0. The zero-order chi connectivity index (χ0) is 10.1. The Morgan fingerprint density at radius 2 is 1.62 bits per heavy atom. The molecule has 71 valence electrons. The van der Waals surface area contributed by atoms with E-state index in [9.17, 15) is 13.2 Å². The first-order valence-electron chi connectivity index (χ1n) is 3.01. The van der Waals surface area contributed by atoms with Gasteiger partial charge in [-0.05, 0) is 23.9 Å². The molecule has 0 nitrogen and oxygen atoms in total. The third-order valence-electron chi connectivity index (χ3n) is 1.01. The summed E-state index contributed by atoms with van der Waals surface area (Å²) in [5.41, 5.74) is -4.33. The van der Waals surface area contributed by atoms with Gasteiger partial charge in [-0.25, -0.2) is 0 Å². The van der Waals surface area contributed by atoms with Crippen molar-refractivity contribution in [3.8, 4) is 0 Å². The van der Waals surface area contributed by atoms with Crippen LogP contribution in [0.15, 0.2) is 17.0 Å². The fraction of sp³-hybridized carbons (Fsp3) is 0.143. The van der Waals surface area contributed by atoms with Crippen LogP contribution in [0.25, 0.3) is 0 Å². The summed E-state index contributed by atoms with van der Waals surface area (Å²) in [5.74, 6) is 0. The van der Waals surface area contributed by atoms with Gasteiger partial charge in [-0.3, -0.25) is 0 Å². The topological polar surface area (TPSA) is 0 Å². The van der Waals surface area contributed by atoms with Crippen LogP contribution in [0.1, 0.15) is 0 Å². The van der Waals surface area contributed by atoms with Gasteiger partial charge in [0.15, 0.2) is 0 Å². The summed E-state index contributed by atoms with van der Waals surface area (Å²) >= 11 is 10.7. The van der Waals surface area contributed by atoms with Crippen LogP contribution in [0, 0.1) is 6.07 Å². The van der Waals surface area contributed by atoms with Gasteiger partial charge in [-0.2, -0.15) is 13.2 Å². The zero-order valence-electron chi connectivity index (χ0n) is 5.95. The van der Waals surface area contributed by atoms with E-state index in [-0.39, 0.29) is 26.7 Å². The summed E-state index contributed by atoms with van der Waals surface area (Å²) in [4.78, 5) is -0.0405. The molecule has 0 amide bonds. The maximum Gasteiger partial charge on any atom is 0.446 e. The number of rotatable bonds is 1. The summed E-state index contributed by atoms with van der Waals surface area (Å²) in [6.45, 7) is 0. The summed E-state index contributed by atoms with van der Waals surface area (Å²) < 4.78 is 35.6. The minimum Gasteiger partial charge on any atom is -0.160 e. The highest BCUT2D eigenvalue weighted by Crippen LogP contribution is 2.38. The van der Waals surface area contributed by atoms with Gasteiger partial charge in [-0.15, -0.1) is 0 Å². The molecule has 1 radical (unpaired) electrons. The minimum atomic E-state index is -4.33. The zero-order valence-corrected chi connectivity index (χ0v) is 8.28. The number of benzene rings is 1. The second-order valence-electron chi connectivity index (χ2n) is 2.06. The lowest BCUT2D eigenvalue weighted by Crippen LogP contribution is -1.98. The number of thioether (sulfide) groups is 1. The monoisotopic (exact) mass is 245 g/mol. The Labute approximate surface area is 87.0 Å². The highest BCUT2D eigenvalue weighted by Gasteiger charge is 2.29. The van der Waals surface area contributed by atoms with Gasteiger partial charge in [0.25, 0.3) is 0 Å². The van der Waals surface area contributed by atoms with Gasteiger partial charge in [0.2, 0.25) is 0 Å². The van der Waals surface area contributed by atoms with E-state index in [1.165, 1.54) is 0 Å². The molecule has 0 spiro atoms. The maximum atomic E-state index is 11.9. The molecular weight excluding hydrogens is 244 g/mol. The van der Waals surface area contributed by atoms with Gasteiger partial charge in [0.05, 0.1) is 10.0 Å². The lowest BCUT2D eigenvalue weighted by atomic mass is 10.4. The quantitative estimate of drug-likeness (QED) is 0.661. The lowest BCUT2D eigenvalue weighted by molar-refractivity contribution is -0.0328. The first-order chi connectivity index (χ1) is 5.87. The fourth-order valence-corrected chi connectivity index (χ4v) is 1.91. The average molecular weight is 246 g/mol. The minimum absolute atomic E-state index is 0.0405. The van der Waals surface area contributed by atoms with Gasteiger partial charge < -0.3 is 0 Å². The fourth-order valence-electron chi connectivity index (χ4n) is 0.670. The predicted octanol–water partition coefficient (Wildman–Crippen LogP) is 4.41. The van der Waals surface area contributed by atoms with E-state index in [0.29, 0.717) is 0 Å². The smallest absolute Gasteiger partial charge is 0.160 e. The van der Waals surface area contributed by atoms with Crippen LogP contribution >= 0.6 is 35.0 Å². The molecule has 0 aliphatic carbocycles. The Kier molecular flexibility index (Phi) is 3.38. The van der Waals surface area contributed by atoms with E-state index in [1.807, 2.05) is 0 Å². The number of halogens is 5. The molecule has 1 aromatic carbocycles. The third-order valence-corrected chi connectivity index (χ3v) is 2.12. The molecule has 0 bridgehead atoms. The van der Waals surface area contributed by atoms with Crippen LogP contribution < -0.4 is 0 Å². The molecule has 6 heteroatoms. The molecule has 0 aliphatic rings. The van der Waals surface area contributed by atoms with Crippen LogP contribution in [-0.2, 0) is 0 Å². The van der Waals surface area contributed by atoms with Crippen molar-refractivity contribution in [3.05, 3.63) is 28.2 Å². The Morgan fingerprint density at radius 3 is 2.00 bits per heavy atom. The van der Waals surface area contributed by atoms with Crippen LogP contribution in [-0.4, -0.2) is 5.51 Å². The van der Waals surface area contributed by atoms with Gasteiger partial charge in [-0.1, -0.05) is 23.2 Å². The normalized spacial score (nSPS) is 11.8. The Bertz CT molecular complexity index is 291. The van der Waals surface area contributed by atoms with Gasteiger partial charge in [0, 0.05) is 11.0 Å². The maximum absolute atomic E-state index is 11.9. The van der Waals surface area contributed by atoms with E-state index in [0.717, 1.165) is 12.1 Å². The van der Waals surface area contributed by atoms with Crippen molar-refractivity contribution in [1.29, 1.82) is 0 Å². The van der Waals surface area contributed by atoms with Crippen LogP contribution in [0.4, 0.5) is 13.2 Å². The lowest BCUT2D eigenvalue weighted by Gasteiger charge is -2.05. The molecule has 1 rings (SSSR count). The standard InChI is InChI=1S/C7H2Cl2F3S/c8-4-1-5(9)3-6(2-4)13-7(10,11)12/h2-3H. The van der Waals surface area contributed by atoms with Crippen molar-refractivity contribution < 1.29 is 13.2 Å². The van der Waals surface area contributed by atoms with E-state index < -0.39 is 5.51 Å². The molecule has 0 saturated carbocycles. The van der Waals surface area contributed by atoms with Crippen LogP contribution in [0.5, 0.6) is 0 Å². The number of hydrogen-bond acceptors (Lipinski definition) is 1. The molecule has 0 atom stereocenters. The van der Waals surface area contributed by atoms with Gasteiger partial charge in [0.1, 0.15) is 0 Å². The van der Waals surface area contributed by atoms with Crippen LogP contribution in [0.2, 0.25) is 10.0 Å². The largest absolute Gasteiger partial charge is 0.446 e. The molecule has 0 saturated heterocycles. The van der Waals surface area contributed by atoms with E-state index in [1.54, 1.807) is 0 Å². The average Bonchev–Trinajstić information content (AvgIpc) is 1.78. The van der Waals surface area contributed by atoms with Crippen molar-refractivity contribution >= 4 is 35.0 Å². The van der Waals surface area contributed by atoms with Crippen molar-refractivity contribution in [2.75, 3.05) is 0 Å². The first kappa shape index (κ1) is 11.0. The molecule has 0 heterocycles. The number of hydrogen-bond donors (Lipinski definition) is 0. The Hall–Kier alpha value is -0.0600. The highest BCUT2D eigenvalue weighted by atomic mass is 35.5. The molecule has 0 fully saturated rings. The molecule has 0 N–H and O–H groups in total. The predicted molar refractivity (Wildman–Crippen MR) is 47.2 cm³/mol. The SMILES string of the molecule is FC(F)(F)Sc1cc(Cl)[c]c(Cl)c1. The first-order valence-corrected chi connectivity index (χ1v) is 4.58. The highest BCUT2D eigenvalue weighted by molar-refractivity contribution is 8.00. The molecule has 0 aromatic heterocycles. The summed E-state index contributed by atoms with van der Waals surface area (Å²) in [5, 5.41) is 0.138. The second kappa shape index (κ2) is 3.98. The molecular formula is C7H2Cl2F3S. The van der Waals surface area contributed by atoms with E-state index in [4.69, 9.17) is 23.2 Å². The molecule has 0 aliphatic heterocycles. The van der Waals surface area contributed by atoms with Crippen molar-refractivity contribution in [3.63, 3.8) is 0 Å². The van der Waals surface area contributed by atoms with Crippen molar-refractivity contribution in [2.24, 2.45) is 0 Å². The molecule has 0 unspecified atom stereocenters. The Balaban J connectivity index is 2.90. The van der Waals surface area contributed by atoms with Gasteiger partial charge >= 0.3 is 5.51 Å².